The average molecular weight is 1060 g/mol. The Morgan fingerprint density at radius 1 is 0.267 bits per heavy atom. The summed E-state index contributed by atoms with van der Waals surface area (Å²) in [6.45, 7) is 0.414. The van der Waals surface area contributed by atoms with E-state index < -0.39 is 0 Å². The average Bonchev–Trinajstić information content (AvgIpc) is 3.26. The van der Waals surface area contributed by atoms with E-state index in [1.54, 1.807) is 0 Å². The maximum Gasteiger partial charge on any atom is 0.0440 e. The van der Waals surface area contributed by atoms with E-state index in [4.69, 9.17) is 20.4 Å². The number of aliphatic hydroxyl groups is 4. The molecule has 0 aliphatic carbocycles. The summed E-state index contributed by atoms with van der Waals surface area (Å²) in [7, 11) is 0. The minimum Gasteiger partial charge on any atom is -0.396 e. The van der Waals surface area contributed by atoms with Gasteiger partial charge in [-0.15, -0.1) is 0 Å². The van der Waals surface area contributed by atoms with Gasteiger partial charge in [0.25, 0.3) is 0 Å². The first-order valence-electron chi connectivity index (χ1n) is 20.5. The van der Waals surface area contributed by atoms with Crippen molar-refractivity contribution in [1.82, 2.24) is 0 Å². The van der Waals surface area contributed by atoms with E-state index >= 15 is 0 Å². The molecule has 0 saturated heterocycles. The minimum atomic E-state index is 0.104. The molecule has 2 aromatic rings. The van der Waals surface area contributed by atoms with Crippen LogP contribution in [0.4, 0.5) is 0 Å². The minimum absolute atomic E-state index is 0.104. The number of alkyl halides is 4. The van der Waals surface area contributed by atoms with Crippen LogP contribution in [0.2, 0.25) is 0 Å². The van der Waals surface area contributed by atoms with Crippen LogP contribution < -0.4 is 0 Å². The van der Waals surface area contributed by atoms with Crippen LogP contribution in [0.5, 0.6) is 0 Å². The van der Waals surface area contributed by atoms with Crippen molar-refractivity contribution in [2.75, 3.05) is 47.7 Å². The zero-order chi connectivity index (χ0) is 43.7. The number of aliphatic hydroxyl groups excluding tert-OH is 4. The molecule has 0 aliphatic rings. The van der Waals surface area contributed by atoms with Crippen LogP contribution in [0.3, 0.4) is 0 Å². The third-order valence-corrected chi connectivity index (χ3v) is 9.92. The lowest BCUT2D eigenvalue weighted by Crippen LogP contribution is -1.93. The molecule has 0 heterocycles. The molecular formula is C52H56Br4O4. The summed E-state index contributed by atoms with van der Waals surface area (Å²) in [5.41, 5.74) is 6.85. The first-order chi connectivity index (χ1) is 29.5. The number of halogens is 4. The van der Waals surface area contributed by atoms with Gasteiger partial charge in [-0.05, 0) is 75.6 Å². The largest absolute Gasteiger partial charge is 0.396 e. The predicted octanol–water partition coefficient (Wildman–Crippen LogP) is 9.98. The predicted molar refractivity (Wildman–Crippen MR) is 265 cm³/mol. The van der Waals surface area contributed by atoms with Gasteiger partial charge in [0, 0.05) is 144 Å². The molecule has 0 aromatic heterocycles. The number of hydrogen-bond donors (Lipinski definition) is 4. The number of hydrogen-bond acceptors (Lipinski definition) is 4. The molecule has 0 saturated carbocycles. The molecule has 2 aromatic carbocycles. The van der Waals surface area contributed by atoms with Crippen molar-refractivity contribution in [3.05, 3.63) is 68.8 Å². The molecule has 2 rings (SSSR count). The van der Waals surface area contributed by atoms with Crippen molar-refractivity contribution in [1.29, 1.82) is 0 Å². The fraction of sp³-hybridized carbons (Fsp3) is 0.462. The highest BCUT2D eigenvalue weighted by Crippen LogP contribution is 2.18. The van der Waals surface area contributed by atoms with Crippen molar-refractivity contribution in [2.24, 2.45) is 0 Å². The summed E-state index contributed by atoms with van der Waals surface area (Å²) in [4.78, 5) is 0. The van der Waals surface area contributed by atoms with Crippen molar-refractivity contribution in [3.63, 3.8) is 0 Å². The van der Waals surface area contributed by atoms with Gasteiger partial charge < -0.3 is 20.4 Å². The molecule has 4 N–H and O–H groups in total. The topological polar surface area (TPSA) is 80.9 Å². The van der Waals surface area contributed by atoms with Crippen molar-refractivity contribution >= 4 is 63.7 Å². The van der Waals surface area contributed by atoms with Gasteiger partial charge in [0.1, 0.15) is 0 Å². The lowest BCUT2D eigenvalue weighted by atomic mass is 9.98. The molecule has 60 heavy (non-hydrogen) atoms. The summed E-state index contributed by atoms with van der Waals surface area (Å²) in [5.74, 6) is 51.2. The molecule has 0 amide bonds. The zero-order valence-corrected chi connectivity index (χ0v) is 40.9. The first kappa shape index (κ1) is 54.7. The van der Waals surface area contributed by atoms with Crippen LogP contribution in [0.15, 0.2) is 24.3 Å². The summed E-state index contributed by atoms with van der Waals surface area (Å²) >= 11 is 13.9. The van der Waals surface area contributed by atoms with E-state index in [-0.39, 0.29) is 26.4 Å². The second-order valence-electron chi connectivity index (χ2n) is 12.8. The van der Waals surface area contributed by atoms with Gasteiger partial charge in [0.15, 0.2) is 0 Å². The molecule has 0 atom stereocenters. The molecule has 0 fully saturated rings. The van der Waals surface area contributed by atoms with Crippen LogP contribution in [-0.4, -0.2) is 68.2 Å². The van der Waals surface area contributed by atoms with Crippen LogP contribution in [-0.2, 0) is 0 Å². The highest BCUT2D eigenvalue weighted by atomic mass is 79.9. The lowest BCUT2D eigenvalue weighted by Gasteiger charge is -2.03. The highest BCUT2D eigenvalue weighted by Gasteiger charge is 2.07. The summed E-state index contributed by atoms with van der Waals surface area (Å²) < 4.78 is 0. The van der Waals surface area contributed by atoms with Crippen LogP contribution in [0.25, 0.3) is 0 Å². The molecule has 0 radical (unpaired) electrons. The van der Waals surface area contributed by atoms with Gasteiger partial charge in [-0.3, -0.25) is 0 Å². The molecule has 0 aliphatic heterocycles. The Kier molecular flexibility index (Phi) is 36.3. The monoisotopic (exact) mass is 1060 g/mol. The van der Waals surface area contributed by atoms with Crippen LogP contribution in [0, 0.1) is 94.7 Å². The van der Waals surface area contributed by atoms with Gasteiger partial charge in [0.2, 0.25) is 0 Å². The molecule has 8 heteroatoms. The number of unbranched alkanes of at least 4 members (excludes halogenated alkanes) is 8. The first-order valence-corrected chi connectivity index (χ1v) is 25.0. The summed E-state index contributed by atoms with van der Waals surface area (Å²) in [5, 5.41) is 39.7. The Hall–Kier alpha value is -3.32. The molecule has 316 valence electrons. The van der Waals surface area contributed by atoms with E-state index in [0.717, 1.165) is 117 Å². The third-order valence-electron chi connectivity index (χ3n) is 7.68. The molecule has 0 unspecified atom stereocenters. The maximum atomic E-state index is 8.95. The second kappa shape index (κ2) is 39.8. The van der Waals surface area contributed by atoms with Crippen LogP contribution >= 0.6 is 63.7 Å². The van der Waals surface area contributed by atoms with E-state index in [9.17, 15) is 0 Å². The normalized spacial score (nSPS) is 9.20. The quantitative estimate of drug-likeness (QED) is 0.0768. The molecule has 0 bridgehead atoms. The molecule has 0 spiro atoms. The van der Waals surface area contributed by atoms with Crippen molar-refractivity contribution in [2.45, 2.75) is 103 Å². The SMILES string of the molecule is BrCCCC#Cc1cc(C#CCCCBr)c(C#CCCCBr)cc1C#CCCCBr.OCCCC#Cc1cc(C#CCCCO)c(C#CCCCO)cc1C#CCCCO. The Balaban J connectivity index is 0.000000600. The lowest BCUT2D eigenvalue weighted by molar-refractivity contribution is 0.290. The number of rotatable bonds is 16. The van der Waals surface area contributed by atoms with Crippen molar-refractivity contribution < 1.29 is 20.4 Å². The van der Waals surface area contributed by atoms with Gasteiger partial charge in [-0.25, -0.2) is 0 Å². The Morgan fingerprint density at radius 3 is 0.550 bits per heavy atom. The second-order valence-corrected chi connectivity index (χ2v) is 16.0. The smallest absolute Gasteiger partial charge is 0.0440 e. The van der Waals surface area contributed by atoms with Crippen molar-refractivity contribution in [3.8, 4) is 94.7 Å². The van der Waals surface area contributed by atoms with E-state index in [1.165, 1.54) is 0 Å². The zero-order valence-electron chi connectivity index (χ0n) is 34.6. The number of benzene rings is 2. The Morgan fingerprint density at radius 2 is 0.417 bits per heavy atom. The molecule has 4 nitrogen and oxygen atoms in total. The summed E-state index contributed by atoms with van der Waals surface area (Å²) in [6, 6.07) is 7.94. The van der Waals surface area contributed by atoms with E-state index in [0.29, 0.717) is 51.4 Å². The van der Waals surface area contributed by atoms with Gasteiger partial charge >= 0.3 is 0 Å². The Labute approximate surface area is 395 Å². The third kappa shape index (κ3) is 26.8. The van der Waals surface area contributed by atoms with Gasteiger partial charge in [-0.2, -0.15) is 0 Å². The fourth-order valence-electron chi connectivity index (χ4n) is 4.58. The van der Waals surface area contributed by atoms with Gasteiger partial charge in [0.05, 0.1) is 0 Å². The fourth-order valence-corrected chi connectivity index (χ4v) is 5.70. The standard InChI is InChI=1S/C26H26Br4.C26H30O4/c2*27-17-9-1-5-13-23-21-25(15-7-3-11-19-29)26(16-8-4-12-20-30)22-24(23)14-6-2-10-18-28/h21-22H,1-4,9-12,17-20H2;21-22,27-30H,1-4,9-12,17-20H2. The van der Waals surface area contributed by atoms with Gasteiger partial charge in [-0.1, -0.05) is 158 Å². The van der Waals surface area contributed by atoms with E-state index in [2.05, 4.69) is 171 Å². The van der Waals surface area contributed by atoms with Crippen LogP contribution in [0.1, 0.15) is 147 Å². The van der Waals surface area contributed by atoms with E-state index in [1.807, 2.05) is 12.1 Å². The molecular weight excluding hydrogens is 1010 g/mol. The maximum absolute atomic E-state index is 8.95. The Bertz CT molecular complexity index is 1640. The highest BCUT2D eigenvalue weighted by molar-refractivity contribution is 9.09. The summed E-state index contributed by atoms with van der Waals surface area (Å²) in [6.07, 6.45) is 12.4.